The van der Waals surface area contributed by atoms with Gasteiger partial charge in [0, 0.05) is 32.3 Å². The van der Waals surface area contributed by atoms with Gasteiger partial charge in [-0.15, -0.1) is 11.8 Å². The van der Waals surface area contributed by atoms with Gasteiger partial charge in [0.15, 0.2) is 6.17 Å². The Morgan fingerprint density at radius 1 is 1.23 bits per heavy atom. The van der Waals surface area contributed by atoms with Gasteiger partial charge in [0.25, 0.3) is 0 Å². The van der Waals surface area contributed by atoms with Crippen molar-refractivity contribution in [3.05, 3.63) is 70.4 Å². The lowest BCUT2D eigenvalue weighted by atomic mass is 9.72. The minimum atomic E-state index is -1.54. The molecule has 2 aliphatic rings. The van der Waals surface area contributed by atoms with Crippen LogP contribution in [-0.2, 0) is 11.8 Å². The largest absolute Gasteiger partial charge is 0.358 e. The first-order valence-corrected chi connectivity index (χ1v) is 12.4. The molecule has 0 aliphatic carbocycles. The Morgan fingerprint density at radius 2 is 2.00 bits per heavy atom. The lowest BCUT2D eigenvalue weighted by Crippen LogP contribution is -2.43. The average Bonchev–Trinajstić information content (AvgIpc) is 3.05. The van der Waals surface area contributed by atoms with Crippen molar-refractivity contribution in [2.24, 2.45) is 0 Å². The Kier molecular flexibility index (Phi) is 6.95. The molecule has 1 saturated heterocycles. The van der Waals surface area contributed by atoms with Crippen LogP contribution in [0.15, 0.2) is 53.6 Å². The molecular weight excluding hydrogens is 434 g/mol. The molecule has 2 aromatic carbocycles. The van der Waals surface area contributed by atoms with Crippen LogP contribution in [-0.4, -0.2) is 37.5 Å². The third-order valence-corrected chi connectivity index (χ3v) is 7.82. The van der Waals surface area contributed by atoms with Crippen LogP contribution < -0.4 is 5.32 Å². The smallest absolute Gasteiger partial charge is 0.154 e. The summed E-state index contributed by atoms with van der Waals surface area (Å²) in [5.41, 5.74) is 5.03. The average molecular weight is 463 g/mol. The molecule has 0 amide bonds. The number of fused-ring (bicyclic) bond motifs is 2. The Hall–Kier alpha value is -1.56. The van der Waals surface area contributed by atoms with E-state index >= 15 is 0 Å². The van der Waals surface area contributed by atoms with E-state index in [0.717, 1.165) is 72.2 Å². The van der Waals surface area contributed by atoms with Crippen LogP contribution in [0.1, 0.15) is 42.1 Å². The molecule has 0 aromatic heterocycles. The van der Waals surface area contributed by atoms with Crippen molar-refractivity contribution in [1.82, 2.24) is 4.90 Å². The second kappa shape index (κ2) is 9.51. The molecule has 1 spiro atoms. The van der Waals surface area contributed by atoms with E-state index in [1.807, 2.05) is 36.6 Å². The lowest BCUT2D eigenvalue weighted by molar-refractivity contribution is 0.179. The molecule has 6 heteroatoms. The summed E-state index contributed by atoms with van der Waals surface area (Å²) in [7, 11) is 0. The first-order chi connectivity index (χ1) is 15.0. The normalized spacial score (nSPS) is 18.8. The third kappa shape index (κ3) is 4.50. The zero-order valence-electron chi connectivity index (χ0n) is 17.9. The van der Waals surface area contributed by atoms with Gasteiger partial charge in [-0.2, -0.15) is 0 Å². The lowest BCUT2D eigenvalue weighted by Gasteiger charge is -2.40. The van der Waals surface area contributed by atoms with Gasteiger partial charge in [-0.05, 0) is 87.0 Å². The number of alkyl halides is 2. The fourth-order valence-electron chi connectivity index (χ4n) is 4.97. The number of benzene rings is 2. The molecular formula is C25H29ClF2N2S. The van der Waals surface area contributed by atoms with Crippen molar-refractivity contribution >= 4 is 29.1 Å². The predicted molar refractivity (Wildman–Crippen MR) is 128 cm³/mol. The van der Waals surface area contributed by atoms with Crippen LogP contribution in [0.2, 0.25) is 5.02 Å². The molecule has 2 aliphatic heterocycles. The molecule has 1 unspecified atom stereocenters. The first kappa shape index (κ1) is 22.6. The van der Waals surface area contributed by atoms with Gasteiger partial charge in [-0.3, -0.25) is 0 Å². The van der Waals surface area contributed by atoms with Crippen molar-refractivity contribution in [3.8, 4) is 0 Å². The minimum Gasteiger partial charge on any atom is -0.358 e. The highest BCUT2D eigenvalue weighted by Crippen LogP contribution is 2.50. The Balaban J connectivity index is 1.34. The SMILES string of the molecule is C=C1Nc2ccc(Cl)cc2C12CCN(CCCc1ccc(SC)c(C(F)CF)c1)CC2. The van der Waals surface area contributed by atoms with Gasteiger partial charge in [0.2, 0.25) is 0 Å². The van der Waals surface area contributed by atoms with Crippen molar-refractivity contribution < 1.29 is 8.78 Å². The molecule has 166 valence electrons. The van der Waals surface area contributed by atoms with E-state index in [-0.39, 0.29) is 5.41 Å². The molecule has 0 saturated carbocycles. The first-order valence-electron chi connectivity index (χ1n) is 10.8. The fraction of sp³-hybridized carbons (Fsp3) is 0.440. The highest BCUT2D eigenvalue weighted by molar-refractivity contribution is 7.98. The van der Waals surface area contributed by atoms with Gasteiger partial charge in [-0.1, -0.05) is 30.3 Å². The molecule has 2 aromatic rings. The van der Waals surface area contributed by atoms with E-state index in [9.17, 15) is 8.78 Å². The highest BCUT2D eigenvalue weighted by Gasteiger charge is 2.44. The standard InChI is InChI=1S/C25H29ClF2N2S/c1-17-25(21-15-19(26)6-7-23(21)29-17)9-12-30(13-10-25)11-3-4-18-5-8-24(31-2)20(14-18)22(28)16-27/h5-8,14-15,22,29H,1,3-4,9-13,16H2,2H3. The van der Waals surface area contributed by atoms with E-state index < -0.39 is 12.8 Å². The molecule has 0 bridgehead atoms. The number of hydrogen-bond acceptors (Lipinski definition) is 3. The highest BCUT2D eigenvalue weighted by atomic mass is 35.5. The van der Waals surface area contributed by atoms with E-state index in [1.54, 1.807) is 0 Å². The summed E-state index contributed by atoms with van der Waals surface area (Å²) in [6.07, 6.45) is 4.28. The van der Waals surface area contributed by atoms with Crippen LogP contribution >= 0.6 is 23.4 Å². The second-order valence-electron chi connectivity index (χ2n) is 8.52. The number of rotatable bonds is 7. The molecule has 1 N–H and O–H groups in total. The molecule has 2 nitrogen and oxygen atoms in total. The number of likely N-dealkylation sites (tertiary alicyclic amines) is 1. The van der Waals surface area contributed by atoms with E-state index in [4.69, 9.17) is 11.6 Å². The van der Waals surface area contributed by atoms with Crippen LogP contribution in [0.5, 0.6) is 0 Å². The quantitative estimate of drug-likeness (QED) is 0.448. The number of aryl methyl sites for hydroxylation is 1. The summed E-state index contributed by atoms with van der Waals surface area (Å²) in [6.45, 7) is 6.37. The predicted octanol–water partition coefficient (Wildman–Crippen LogP) is 6.95. The molecule has 0 radical (unpaired) electrons. The number of nitrogens with zero attached hydrogens (tertiary/aromatic N) is 1. The summed E-state index contributed by atoms with van der Waals surface area (Å²) in [5.74, 6) is 0. The van der Waals surface area contributed by atoms with Crippen molar-refractivity contribution in [2.45, 2.75) is 42.2 Å². The zero-order valence-corrected chi connectivity index (χ0v) is 19.5. The van der Waals surface area contributed by atoms with Gasteiger partial charge in [-0.25, -0.2) is 8.78 Å². The maximum Gasteiger partial charge on any atom is 0.154 e. The van der Waals surface area contributed by atoms with Crippen LogP contribution in [0, 0.1) is 0 Å². The number of halogens is 3. The Bertz CT molecular complexity index is 957. The maximum atomic E-state index is 14.0. The summed E-state index contributed by atoms with van der Waals surface area (Å²) in [5, 5.41) is 4.23. The molecule has 1 atom stereocenters. The molecule has 31 heavy (non-hydrogen) atoms. The minimum absolute atomic E-state index is 0.0260. The Labute approximate surface area is 193 Å². The third-order valence-electron chi connectivity index (χ3n) is 6.78. The van der Waals surface area contributed by atoms with Crippen molar-refractivity contribution in [3.63, 3.8) is 0 Å². The number of thioether (sulfide) groups is 1. The molecule has 4 rings (SSSR count). The number of anilines is 1. The molecule has 2 heterocycles. The summed E-state index contributed by atoms with van der Waals surface area (Å²) in [4.78, 5) is 3.32. The Morgan fingerprint density at radius 3 is 2.71 bits per heavy atom. The maximum absolute atomic E-state index is 14.0. The summed E-state index contributed by atoms with van der Waals surface area (Å²) >= 11 is 7.74. The van der Waals surface area contributed by atoms with E-state index in [2.05, 4.69) is 22.9 Å². The zero-order chi connectivity index (χ0) is 22.0. The fourth-order valence-corrected chi connectivity index (χ4v) is 5.77. The number of nitrogens with one attached hydrogen (secondary N) is 1. The van der Waals surface area contributed by atoms with Crippen LogP contribution in [0.3, 0.4) is 0 Å². The van der Waals surface area contributed by atoms with E-state index in [1.165, 1.54) is 17.3 Å². The number of hydrogen-bond donors (Lipinski definition) is 1. The van der Waals surface area contributed by atoms with Crippen molar-refractivity contribution in [2.75, 3.05) is 37.9 Å². The van der Waals surface area contributed by atoms with E-state index in [0.29, 0.717) is 5.56 Å². The second-order valence-corrected chi connectivity index (χ2v) is 9.80. The van der Waals surface area contributed by atoms with Gasteiger partial charge in [0.1, 0.15) is 6.67 Å². The van der Waals surface area contributed by atoms with Crippen molar-refractivity contribution in [1.29, 1.82) is 0 Å². The monoisotopic (exact) mass is 462 g/mol. The topological polar surface area (TPSA) is 15.3 Å². The van der Waals surface area contributed by atoms with Gasteiger partial charge in [0.05, 0.1) is 0 Å². The number of allylic oxidation sites excluding steroid dienone is 1. The molecule has 1 fully saturated rings. The summed E-state index contributed by atoms with van der Waals surface area (Å²) in [6, 6.07) is 11.9. The van der Waals surface area contributed by atoms with Crippen LogP contribution in [0.25, 0.3) is 0 Å². The van der Waals surface area contributed by atoms with Gasteiger partial charge >= 0.3 is 0 Å². The van der Waals surface area contributed by atoms with Crippen LogP contribution in [0.4, 0.5) is 14.5 Å². The van der Waals surface area contributed by atoms with Gasteiger partial charge < -0.3 is 10.2 Å². The number of piperidine rings is 1. The summed E-state index contributed by atoms with van der Waals surface area (Å²) < 4.78 is 26.9.